The number of carbonyl (C=O) groups is 2. The van der Waals surface area contributed by atoms with Crippen LogP contribution in [0.5, 0.6) is 0 Å². The molecule has 2 N–H and O–H groups in total. The van der Waals surface area contributed by atoms with Crippen LogP contribution in [0.4, 0.5) is 0 Å². The van der Waals surface area contributed by atoms with Crippen molar-refractivity contribution >= 4 is 40.2 Å². The highest BCUT2D eigenvalue weighted by Crippen LogP contribution is 2.15. The molecule has 1 heterocycles. The van der Waals surface area contributed by atoms with Crippen LogP contribution in [0.3, 0.4) is 0 Å². The molecule has 0 bridgehead atoms. The Kier molecular flexibility index (Phi) is 9.28. The van der Waals surface area contributed by atoms with Gasteiger partial charge in [0.2, 0.25) is 5.91 Å². The standard InChI is InChI=1S/C12H18BrN3O3.ClH/c1-14-6-3-7-15-11(17)8-16(2)12(18)9-4-5-10(13)19-9;/h4-5,14H,3,6-8H2,1-2H3,(H,15,17);1H. The Morgan fingerprint density at radius 3 is 2.60 bits per heavy atom. The molecule has 0 spiro atoms. The number of halogens is 2. The lowest BCUT2D eigenvalue weighted by atomic mass is 10.3. The van der Waals surface area contributed by atoms with E-state index in [2.05, 4.69) is 26.6 Å². The minimum atomic E-state index is -0.323. The van der Waals surface area contributed by atoms with Gasteiger partial charge < -0.3 is 20.0 Å². The lowest BCUT2D eigenvalue weighted by molar-refractivity contribution is -0.121. The minimum absolute atomic E-state index is 0. The molecule has 1 aromatic rings. The highest BCUT2D eigenvalue weighted by molar-refractivity contribution is 9.10. The first-order valence-corrected chi connectivity index (χ1v) is 6.76. The quantitative estimate of drug-likeness (QED) is 0.711. The zero-order valence-electron chi connectivity index (χ0n) is 11.4. The highest BCUT2D eigenvalue weighted by atomic mass is 79.9. The summed E-state index contributed by atoms with van der Waals surface area (Å²) in [7, 11) is 3.42. The van der Waals surface area contributed by atoms with E-state index in [1.165, 1.54) is 4.90 Å². The van der Waals surface area contributed by atoms with Crippen LogP contribution in [0.2, 0.25) is 0 Å². The summed E-state index contributed by atoms with van der Waals surface area (Å²) in [6, 6.07) is 3.20. The van der Waals surface area contributed by atoms with Crippen LogP contribution in [-0.4, -0.2) is 50.4 Å². The van der Waals surface area contributed by atoms with Gasteiger partial charge >= 0.3 is 0 Å². The van der Waals surface area contributed by atoms with Gasteiger partial charge in [-0.1, -0.05) is 0 Å². The monoisotopic (exact) mass is 367 g/mol. The molecular formula is C12H19BrClN3O3. The maximum Gasteiger partial charge on any atom is 0.289 e. The summed E-state index contributed by atoms with van der Waals surface area (Å²) in [6.45, 7) is 1.44. The summed E-state index contributed by atoms with van der Waals surface area (Å²) in [4.78, 5) is 24.8. The first-order chi connectivity index (χ1) is 9.04. The summed E-state index contributed by atoms with van der Waals surface area (Å²) in [5.41, 5.74) is 0. The van der Waals surface area contributed by atoms with Crippen molar-refractivity contribution in [1.29, 1.82) is 0 Å². The van der Waals surface area contributed by atoms with E-state index in [4.69, 9.17) is 4.42 Å². The van der Waals surface area contributed by atoms with Gasteiger partial charge in [0.1, 0.15) is 0 Å². The fourth-order valence-electron chi connectivity index (χ4n) is 1.45. The van der Waals surface area contributed by atoms with Gasteiger partial charge in [-0.3, -0.25) is 9.59 Å². The molecule has 114 valence electrons. The first kappa shape index (κ1) is 18.9. The molecule has 1 aromatic heterocycles. The third-order valence-corrected chi connectivity index (χ3v) is 2.86. The van der Waals surface area contributed by atoms with Crippen molar-refractivity contribution < 1.29 is 14.0 Å². The molecule has 0 aromatic carbocycles. The normalized spacial score (nSPS) is 9.75. The van der Waals surface area contributed by atoms with E-state index in [0.29, 0.717) is 11.2 Å². The predicted molar refractivity (Wildman–Crippen MR) is 82.2 cm³/mol. The summed E-state index contributed by atoms with van der Waals surface area (Å²) in [5, 5.41) is 5.74. The molecule has 20 heavy (non-hydrogen) atoms. The van der Waals surface area contributed by atoms with Crippen molar-refractivity contribution in [3.63, 3.8) is 0 Å². The van der Waals surface area contributed by atoms with Gasteiger partial charge in [0.15, 0.2) is 10.4 Å². The van der Waals surface area contributed by atoms with Crippen molar-refractivity contribution in [3.05, 3.63) is 22.6 Å². The summed E-state index contributed by atoms with van der Waals surface area (Å²) < 4.78 is 5.63. The molecule has 6 nitrogen and oxygen atoms in total. The third kappa shape index (κ3) is 6.40. The van der Waals surface area contributed by atoms with Crippen LogP contribution in [-0.2, 0) is 4.79 Å². The second kappa shape index (κ2) is 9.79. The van der Waals surface area contributed by atoms with E-state index in [0.717, 1.165) is 13.0 Å². The number of carbonyl (C=O) groups excluding carboxylic acids is 2. The van der Waals surface area contributed by atoms with Gasteiger partial charge in [0, 0.05) is 13.6 Å². The van der Waals surface area contributed by atoms with Crippen LogP contribution in [0.1, 0.15) is 17.0 Å². The number of likely N-dealkylation sites (N-methyl/N-ethyl adjacent to an activating group) is 1. The largest absolute Gasteiger partial charge is 0.444 e. The second-order valence-corrected chi connectivity index (χ2v) is 4.85. The van der Waals surface area contributed by atoms with Gasteiger partial charge in [-0.05, 0) is 48.1 Å². The van der Waals surface area contributed by atoms with E-state index in [-0.39, 0.29) is 36.5 Å². The molecule has 0 aliphatic rings. The van der Waals surface area contributed by atoms with Crippen LogP contribution in [0.25, 0.3) is 0 Å². The van der Waals surface area contributed by atoms with Gasteiger partial charge in [0.25, 0.3) is 5.91 Å². The molecule has 1 rings (SSSR count). The zero-order valence-corrected chi connectivity index (χ0v) is 13.8. The molecule has 0 saturated heterocycles. The average molecular weight is 369 g/mol. The van der Waals surface area contributed by atoms with E-state index in [9.17, 15) is 9.59 Å². The third-order valence-electron chi connectivity index (χ3n) is 2.44. The topological polar surface area (TPSA) is 74.6 Å². The van der Waals surface area contributed by atoms with Crippen molar-refractivity contribution in [1.82, 2.24) is 15.5 Å². The molecule has 0 radical (unpaired) electrons. The van der Waals surface area contributed by atoms with Crippen LogP contribution < -0.4 is 10.6 Å². The van der Waals surface area contributed by atoms with Crippen molar-refractivity contribution in [2.24, 2.45) is 0 Å². The fraction of sp³-hybridized carbons (Fsp3) is 0.500. The minimum Gasteiger partial charge on any atom is -0.444 e. The molecule has 0 aliphatic heterocycles. The highest BCUT2D eigenvalue weighted by Gasteiger charge is 2.17. The number of nitrogens with zero attached hydrogens (tertiary/aromatic N) is 1. The Balaban J connectivity index is 0.00000361. The SMILES string of the molecule is CNCCCNC(=O)CN(C)C(=O)c1ccc(Br)o1.Cl. The van der Waals surface area contributed by atoms with Gasteiger partial charge in [0.05, 0.1) is 6.54 Å². The molecule has 8 heteroatoms. The van der Waals surface area contributed by atoms with E-state index in [1.807, 2.05) is 7.05 Å². The zero-order chi connectivity index (χ0) is 14.3. The predicted octanol–water partition coefficient (Wildman–Crippen LogP) is 1.26. The molecule has 0 unspecified atom stereocenters. The molecule has 2 amide bonds. The lowest BCUT2D eigenvalue weighted by Crippen LogP contribution is -2.38. The first-order valence-electron chi connectivity index (χ1n) is 5.96. The molecular weight excluding hydrogens is 350 g/mol. The lowest BCUT2D eigenvalue weighted by Gasteiger charge is -2.15. The number of hydrogen-bond donors (Lipinski definition) is 2. The number of hydrogen-bond acceptors (Lipinski definition) is 4. The van der Waals surface area contributed by atoms with E-state index < -0.39 is 0 Å². The fourth-order valence-corrected chi connectivity index (χ4v) is 1.76. The smallest absolute Gasteiger partial charge is 0.289 e. The van der Waals surface area contributed by atoms with Crippen molar-refractivity contribution in [2.75, 3.05) is 33.7 Å². The number of nitrogens with one attached hydrogen (secondary N) is 2. The van der Waals surface area contributed by atoms with E-state index >= 15 is 0 Å². The summed E-state index contributed by atoms with van der Waals surface area (Å²) in [5.74, 6) is -0.300. The molecule has 0 atom stereocenters. The van der Waals surface area contributed by atoms with Gasteiger partial charge in [-0.15, -0.1) is 12.4 Å². The van der Waals surface area contributed by atoms with Crippen molar-refractivity contribution in [2.45, 2.75) is 6.42 Å². The Labute approximate surface area is 132 Å². The van der Waals surface area contributed by atoms with Crippen LogP contribution in [0.15, 0.2) is 21.2 Å². The average Bonchev–Trinajstić information content (AvgIpc) is 2.80. The maximum atomic E-state index is 11.9. The van der Waals surface area contributed by atoms with Gasteiger partial charge in [-0.2, -0.15) is 0 Å². The Bertz CT molecular complexity index is 439. The Morgan fingerprint density at radius 1 is 1.35 bits per heavy atom. The second-order valence-electron chi connectivity index (χ2n) is 4.07. The summed E-state index contributed by atoms with van der Waals surface area (Å²) >= 11 is 3.13. The van der Waals surface area contributed by atoms with Crippen LogP contribution in [0, 0.1) is 0 Å². The molecule has 0 aliphatic carbocycles. The maximum absolute atomic E-state index is 11.9. The summed E-state index contributed by atoms with van der Waals surface area (Å²) in [6.07, 6.45) is 0.852. The van der Waals surface area contributed by atoms with E-state index in [1.54, 1.807) is 19.2 Å². The number of furan rings is 1. The van der Waals surface area contributed by atoms with Gasteiger partial charge in [-0.25, -0.2) is 0 Å². The number of rotatable bonds is 7. The number of amides is 2. The van der Waals surface area contributed by atoms with Crippen LogP contribution >= 0.6 is 28.3 Å². The molecule has 0 fully saturated rings. The molecule has 0 saturated carbocycles. The Hall–Kier alpha value is -1.05. The van der Waals surface area contributed by atoms with Crippen molar-refractivity contribution in [3.8, 4) is 0 Å². The Morgan fingerprint density at radius 2 is 2.05 bits per heavy atom.